The first kappa shape index (κ1) is 14.8. The van der Waals surface area contributed by atoms with Gasteiger partial charge in [0.05, 0.1) is 24.0 Å². The molecule has 1 aromatic carbocycles. The van der Waals surface area contributed by atoms with E-state index in [2.05, 4.69) is 5.10 Å². The Bertz CT molecular complexity index is 735. The summed E-state index contributed by atoms with van der Waals surface area (Å²) in [5, 5.41) is 13.1. The van der Waals surface area contributed by atoms with Gasteiger partial charge in [0.2, 0.25) is 0 Å². The summed E-state index contributed by atoms with van der Waals surface area (Å²) in [5.41, 5.74) is 2.48. The maximum Gasteiger partial charge on any atom is 0.335 e. The molecule has 0 fully saturated rings. The summed E-state index contributed by atoms with van der Waals surface area (Å²) in [6, 6.07) is 6.36. The summed E-state index contributed by atoms with van der Waals surface area (Å²) < 4.78 is 1.36. The molecule has 6 heteroatoms. The average molecular weight is 287 g/mol. The van der Waals surface area contributed by atoms with E-state index in [1.54, 1.807) is 18.3 Å². The number of carbonyl (C=O) groups is 1. The highest BCUT2D eigenvalue weighted by Crippen LogP contribution is 2.12. The number of carboxylic acid groups (broad SMARTS) is 1. The number of carboxylic acids is 1. The SMILES string of the molecule is Cc1cc(C(=O)O)ccc1Cn1ncc(N(C)C)cc1=O. The van der Waals surface area contributed by atoms with Crippen LogP contribution in [-0.2, 0) is 6.54 Å². The van der Waals surface area contributed by atoms with Crippen molar-refractivity contribution in [3.63, 3.8) is 0 Å². The molecule has 6 nitrogen and oxygen atoms in total. The number of hydrogen-bond donors (Lipinski definition) is 1. The van der Waals surface area contributed by atoms with Gasteiger partial charge in [-0.1, -0.05) is 6.07 Å². The summed E-state index contributed by atoms with van der Waals surface area (Å²) in [6.45, 7) is 2.14. The third-order valence-electron chi connectivity index (χ3n) is 3.28. The second-order valence-electron chi connectivity index (χ2n) is 5.05. The molecule has 0 bridgehead atoms. The van der Waals surface area contributed by atoms with Gasteiger partial charge in [-0.25, -0.2) is 9.48 Å². The van der Waals surface area contributed by atoms with Gasteiger partial charge in [-0.2, -0.15) is 5.10 Å². The predicted octanol–water partition coefficient (Wildman–Crippen LogP) is 1.36. The van der Waals surface area contributed by atoms with Crippen LogP contribution in [-0.4, -0.2) is 35.0 Å². The zero-order valence-electron chi connectivity index (χ0n) is 12.2. The number of rotatable bonds is 4. The van der Waals surface area contributed by atoms with Crippen molar-refractivity contribution in [1.82, 2.24) is 9.78 Å². The van der Waals surface area contributed by atoms with E-state index < -0.39 is 5.97 Å². The second kappa shape index (κ2) is 5.78. The van der Waals surface area contributed by atoms with Crippen LogP contribution in [0.15, 0.2) is 35.3 Å². The van der Waals surface area contributed by atoms with Crippen molar-refractivity contribution in [1.29, 1.82) is 0 Å². The Labute approximate surface area is 122 Å². The zero-order valence-corrected chi connectivity index (χ0v) is 12.2. The molecule has 1 heterocycles. The Hall–Kier alpha value is -2.63. The fourth-order valence-corrected chi connectivity index (χ4v) is 1.96. The smallest absolute Gasteiger partial charge is 0.335 e. The van der Waals surface area contributed by atoms with Crippen molar-refractivity contribution < 1.29 is 9.90 Å². The average Bonchev–Trinajstić information content (AvgIpc) is 2.42. The number of anilines is 1. The van der Waals surface area contributed by atoms with Crippen LogP contribution < -0.4 is 10.5 Å². The van der Waals surface area contributed by atoms with E-state index in [-0.39, 0.29) is 11.1 Å². The number of aromatic nitrogens is 2. The third-order valence-corrected chi connectivity index (χ3v) is 3.28. The Balaban J connectivity index is 2.30. The monoisotopic (exact) mass is 287 g/mol. The van der Waals surface area contributed by atoms with E-state index in [1.165, 1.54) is 16.8 Å². The van der Waals surface area contributed by atoms with E-state index in [4.69, 9.17) is 5.11 Å². The number of aromatic carboxylic acids is 1. The van der Waals surface area contributed by atoms with Crippen LogP contribution in [0.4, 0.5) is 5.69 Å². The molecule has 2 rings (SSSR count). The Morgan fingerprint density at radius 3 is 2.57 bits per heavy atom. The number of hydrogen-bond acceptors (Lipinski definition) is 4. The van der Waals surface area contributed by atoms with Gasteiger partial charge in [0.25, 0.3) is 5.56 Å². The van der Waals surface area contributed by atoms with Gasteiger partial charge < -0.3 is 10.0 Å². The summed E-state index contributed by atoms with van der Waals surface area (Å²) in [4.78, 5) is 24.7. The highest BCUT2D eigenvalue weighted by molar-refractivity contribution is 5.87. The molecular weight excluding hydrogens is 270 g/mol. The topological polar surface area (TPSA) is 75.4 Å². The Morgan fingerprint density at radius 1 is 1.33 bits per heavy atom. The van der Waals surface area contributed by atoms with Crippen molar-refractivity contribution in [3.8, 4) is 0 Å². The van der Waals surface area contributed by atoms with Crippen molar-refractivity contribution in [2.75, 3.05) is 19.0 Å². The molecule has 0 atom stereocenters. The molecule has 2 aromatic rings. The van der Waals surface area contributed by atoms with Gasteiger partial charge in [0.15, 0.2) is 0 Å². The molecule has 0 aliphatic heterocycles. The largest absolute Gasteiger partial charge is 0.478 e. The van der Waals surface area contributed by atoms with E-state index in [9.17, 15) is 9.59 Å². The standard InChI is InChI=1S/C15H17N3O3/c1-10-6-11(15(20)21)4-5-12(10)9-18-14(19)7-13(8-16-18)17(2)3/h4-8H,9H2,1-3H3,(H,20,21). The van der Waals surface area contributed by atoms with Gasteiger partial charge in [0, 0.05) is 20.2 Å². The molecule has 0 spiro atoms. The number of benzene rings is 1. The maximum absolute atomic E-state index is 12.0. The fraction of sp³-hybridized carbons (Fsp3) is 0.267. The molecular formula is C15H17N3O3. The lowest BCUT2D eigenvalue weighted by Crippen LogP contribution is -2.25. The Morgan fingerprint density at radius 2 is 2.05 bits per heavy atom. The van der Waals surface area contributed by atoms with Crippen molar-refractivity contribution in [3.05, 3.63) is 57.5 Å². The van der Waals surface area contributed by atoms with E-state index in [0.29, 0.717) is 6.54 Å². The first-order valence-corrected chi connectivity index (χ1v) is 6.46. The number of nitrogens with zero attached hydrogens (tertiary/aromatic N) is 3. The Kier molecular flexibility index (Phi) is 4.07. The molecule has 0 saturated carbocycles. The maximum atomic E-state index is 12.0. The fourth-order valence-electron chi connectivity index (χ4n) is 1.96. The molecule has 0 aliphatic carbocycles. The van der Waals surface area contributed by atoms with Crippen molar-refractivity contribution in [2.24, 2.45) is 0 Å². The van der Waals surface area contributed by atoms with Crippen LogP contribution in [0.2, 0.25) is 0 Å². The lowest BCUT2D eigenvalue weighted by atomic mass is 10.1. The normalized spacial score (nSPS) is 10.4. The lowest BCUT2D eigenvalue weighted by molar-refractivity contribution is 0.0697. The molecule has 1 aromatic heterocycles. The lowest BCUT2D eigenvalue weighted by Gasteiger charge is -2.13. The van der Waals surface area contributed by atoms with Gasteiger partial charge in [0.1, 0.15) is 0 Å². The van der Waals surface area contributed by atoms with Crippen LogP contribution in [0.25, 0.3) is 0 Å². The highest BCUT2D eigenvalue weighted by Gasteiger charge is 2.08. The summed E-state index contributed by atoms with van der Waals surface area (Å²) in [5.74, 6) is -0.963. The van der Waals surface area contributed by atoms with E-state index >= 15 is 0 Å². The summed E-state index contributed by atoms with van der Waals surface area (Å²) in [7, 11) is 3.69. The van der Waals surface area contributed by atoms with Gasteiger partial charge >= 0.3 is 5.97 Å². The van der Waals surface area contributed by atoms with Crippen molar-refractivity contribution >= 4 is 11.7 Å². The molecule has 0 amide bonds. The molecule has 0 unspecified atom stereocenters. The van der Waals surface area contributed by atoms with Crippen molar-refractivity contribution in [2.45, 2.75) is 13.5 Å². The zero-order chi connectivity index (χ0) is 15.6. The van der Waals surface area contributed by atoms with Gasteiger partial charge in [-0.05, 0) is 30.2 Å². The first-order chi connectivity index (χ1) is 9.88. The van der Waals surface area contributed by atoms with E-state index in [1.807, 2.05) is 25.9 Å². The molecule has 21 heavy (non-hydrogen) atoms. The predicted molar refractivity (Wildman–Crippen MR) is 80.1 cm³/mol. The molecule has 1 N–H and O–H groups in total. The molecule has 110 valence electrons. The van der Waals surface area contributed by atoms with E-state index in [0.717, 1.165) is 16.8 Å². The van der Waals surface area contributed by atoms with Gasteiger partial charge in [-0.3, -0.25) is 4.79 Å². The van der Waals surface area contributed by atoms with Crippen LogP contribution in [0.1, 0.15) is 21.5 Å². The quantitative estimate of drug-likeness (QED) is 0.919. The minimum absolute atomic E-state index is 0.192. The molecule has 0 saturated heterocycles. The number of aryl methyl sites for hydroxylation is 1. The second-order valence-corrected chi connectivity index (χ2v) is 5.05. The molecule has 0 aliphatic rings. The van der Waals surface area contributed by atoms with Crippen LogP contribution in [0.3, 0.4) is 0 Å². The van der Waals surface area contributed by atoms with Gasteiger partial charge in [-0.15, -0.1) is 0 Å². The summed E-state index contributed by atoms with van der Waals surface area (Å²) >= 11 is 0. The van der Waals surface area contributed by atoms with Crippen LogP contribution in [0, 0.1) is 6.92 Å². The van der Waals surface area contributed by atoms with Crippen LogP contribution >= 0.6 is 0 Å². The third kappa shape index (κ3) is 3.28. The minimum Gasteiger partial charge on any atom is -0.478 e. The first-order valence-electron chi connectivity index (χ1n) is 6.46. The van der Waals surface area contributed by atoms with Crippen LogP contribution in [0.5, 0.6) is 0 Å². The highest BCUT2D eigenvalue weighted by atomic mass is 16.4. The molecule has 0 radical (unpaired) electrons. The minimum atomic E-state index is -0.963. The summed E-state index contributed by atoms with van der Waals surface area (Å²) in [6.07, 6.45) is 1.63.